The fraction of sp³-hybridized carbons (Fsp3) is 0.429. The number of hydrogen-bond donors (Lipinski definition) is 1. The van der Waals surface area contributed by atoms with Crippen molar-refractivity contribution in [3.05, 3.63) is 34.3 Å². The van der Waals surface area contributed by atoms with Gasteiger partial charge < -0.3 is 9.52 Å². The molecule has 0 aliphatic heterocycles. The number of aliphatic hydroxyl groups excluding tert-OH is 1. The Morgan fingerprint density at radius 2 is 2.42 bits per heavy atom. The molecule has 1 aromatic heterocycles. The van der Waals surface area contributed by atoms with E-state index in [1.54, 1.807) is 6.07 Å². The van der Waals surface area contributed by atoms with Crippen LogP contribution in [-0.4, -0.2) is 16.1 Å². The summed E-state index contributed by atoms with van der Waals surface area (Å²) < 4.78 is 4.81. The third-order valence-corrected chi connectivity index (χ3v) is 1.62. The van der Waals surface area contributed by atoms with Crippen LogP contribution < -0.4 is 0 Å². The van der Waals surface area contributed by atoms with Gasteiger partial charge in [-0.15, -0.1) is 0 Å². The van der Waals surface area contributed by atoms with Crippen molar-refractivity contribution in [3.63, 3.8) is 0 Å². The lowest BCUT2D eigenvalue weighted by atomic mass is 10.1. The van der Waals surface area contributed by atoms with E-state index in [2.05, 4.69) is 0 Å². The zero-order chi connectivity index (χ0) is 9.14. The van der Waals surface area contributed by atoms with Crippen molar-refractivity contribution >= 4 is 0 Å². The molecule has 12 heavy (non-hydrogen) atoms. The number of nitro groups is 1. The summed E-state index contributed by atoms with van der Waals surface area (Å²) in [6.07, 6.45) is 0.195. The number of aliphatic hydroxyl groups is 1. The summed E-state index contributed by atoms with van der Waals surface area (Å²) in [4.78, 5) is 9.69. The summed E-state index contributed by atoms with van der Waals surface area (Å²) in [7, 11) is 0. The molecule has 66 valence electrons. The van der Waals surface area contributed by atoms with Gasteiger partial charge in [0.15, 0.2) is 6.10 Å². The maximum absolute atomic E-state index is 10.2. The molecule has 0 unspecified atom stereocenters. The van der Waals surface area contributed by atoms with E-state index in [4.69, 9.17) is 4.42 Å². The number of hydrogen-bond acceptors (Lipinski definition) is 4. The highest BCUT2D eigenvalue weighted by molar-refractivity contribution is 5.02. The smallest absolute Gasteiger partial charge is 0.243 e. The summed E-state index contributed by atoms with van der Waals surface area (Å²) in [5, 5.41) is 19.6. The molecule has 0 fully saturated rings. The van der Waals surface area contributed by atoms with Gasteiger partial charge in [0.25, 0.3) is 0 Å². The maximum atomic E-state index is 10.2. The molecular weight excluding hydrogens is 162 g/mol. The quantitative estimate of drug-likeness (QED) is 0.543. The van der Waals surface area contributed by atoms with E-state index in [1.165, 1.54) is 19.3 Å². The highest BCUT2D eigenvalue weighted by Gasteiger charge is 2.27. The Bertz CT molecular complexity index is 256. The van der Waals surface area contributed by atoms with Gasteiger partial charge in [0.2, 0.25) is 6.04 Å². The van der Waals surface area contributed by atoms with Gasteiger partial charge in [0.1, 0.15) is 5.76 Å². The van der Waals surface area contributed by atoms with Gasteiger partial charge in [0.05, 0.1) is 6.26 Å². The monoisotopic (exact) mass is 171 g/mol. The van der Waals surface area contributed by atoms with Gasteiger partial charge in [-0.1, -0.05) is 0 Å². The summed E-state index contributed by atoms with van der Waals surface area (Å²) >= 11 is 0. The summed E-state index contributed by atoms with van der Waals surface area (Å²) in [6.45, 7) is 1.33. The van der Waals surface area contributed by atoms with Crippen LogP contribution >= 0.6 is 0 Å². The highest BCUT2D eigenvalue weighted by atomic mass is 16.6. The third kappa shape index (κ3) is 1.62. The second-order valence-electron chi connectivity index (χ2n) is 2.49. The first-order valence-corrected chi connectivity index (χ1v) is 3.48. The van der Waals surface area contributed by atoms with Gasteiger partial charge in [0, 0.05) is 11.8 Å². The van der Waals surface area contributed by atoms with Crippen LogP contribution in [0.4, 0.5) is 0 Å². The van der Waals surface area contributed by atoms with Crippen LogP contribution in [0.5, 0.6) is 0 Å². The van der Waals surface area contributed by atoms with Gasteiger partial charge in [-0.3, -0.25) is 10.1 Å². The van der Waals surface area contributed by atoms with Gasteiger partial charge in [-0.2, -0.15) is 0 Å². The molecule has 0 radical (unpaired) electrons. The lowest BCUT2D eigenvalue weighted by Gasteiger charge is -2.08. The minimum Gasteiger partial charge on any atom is -0.466 e. The Labute approximate surface area is 68.8 Å². The van der Waals surface area contributed by atoms with Crippen LogP contribution in [0.25, 0.3) is 0 Å². The van der Waals surface area contributed by atoms with Crippen molar-refractivity contribution in [2.45, 2.75) is 19.1 Å². The predicted octanol–water partition coefficient (Wildman–Crippen LogP) is 0.978. The third-order valence-electron chi connectivity index (χ3n) is 1.62. The maximum Gasteiger partial charge on any atom is 0.243 e. The van der Waals surface area contributed by atoms with Crippen molar-refractivity contribution in [2.24, 2.45) is 0 Å². The zero-order valence-electron chi connectivity index (χ0n) is 6.51. The number of nitrogens with zero attached hydrogens (tertiary/aromatic N) is 1. The van der Waals surface area contributed by atoms with Gasteiger partial charge in [-0.05, 0) is 12.1 Å². The molecule has 0 saturated heterocycles. The van der Waals surface area contributed by atoms with E-state index in [-0.39, 0.29) is 5.76 Å². The Hall–Kier alpha value is -1.36. The standard InChI is InChI=1S/C7H9NO4/c1-5(8(10)11)7(9)6-3-2-4-12-6/h2-5,7,9H,1H3/t5-,7-/m0/s1. The molecule has 1 rings (SSSR count). The molecule has 0 spiro atoms. The van der Waals surface area contributed by atoms with Crippen molar-refractivity contribution in [2.75, 3.05) is 0 Å². The molecule has 0 saturated carbocycles. The van der Waals surface area contributed by atoms with E-state index < -0.39 is 17.1 Å². The average Bonchev–Trinajstić information content (AvgIpc) is 2.53. The normalized spacial score (nSPS) is 15.5. The SMILES string of the molecule is C[C@@H]([C@H](O)c1ccco1)[N+](=O)[O-]. The first-order chi connectivity index (χ1) is 5.63. The Morgan fingerprint density at radius 1 is 1.75 bits per heavy atom. The van der Waals surface area contributed by atoms with Crippen molar-refractivity contribution in [3.8, 4) is 0 Å². The van der Waals surface area contributed by atoms with E-state index in [0.29, 0.717) is 0 Å². The Morgan fingerprint density at radius 3 is 2.83 bits per heavy atom. The molecule has 5 nitrogen and oxygen atoms in total. The van der Waals surface area contributed by atoms with Crippen LogP contribution in [-0.2, 0) is 0 Å². The number of furan rings is 1. The summed E-state index contributed by atoms with van der Waals surface area (Å²) in [6, 6.07) is 2.03. The second-order valence-corrected chi connectivity index (χ2v) is 2.49. The number of rotatable bonds is 3. The lowest BCUT2D eigenvalue weighted by molar-refractivity contribution is -0.531. The zero-order valence-corrected chi connectivity index (χ0v) is 6.51. The Balaban J connectivity index is 2.71. The molecule has 0 aliphatic carbocycles. The molecule has 0 aromatic carbocycles. The molecule has 1 aromatic rings. The van der Waals surface area contributed by atoms with Crippen LogP contribution in [0.2, 0.25) is 0 Å². The lowest BCUT2D eigenvalue weighted by Crippen LogP contribution is -2.23. The topological polar surface area (TPSA) is 76.5 Å². The minimum absolute atomic E-state index is 0.221. The largest absolute Gasteiger partial charge is 0.466 e. The summed E-state index contributed by atoms with van der Waals surface area (Å²) in [5.74, 6) is 0.221. The molecule has 0 aliphatic rings. The highest BCUT2D eigenvalue weighted by Crippen LogP contribution is 2.18. The van der Waals surface area contributed by atoms with E-state index in [0.717, 1.165) is 0 Å². The Kier molecular flexibility index (Phi) is 2.44. The van der Waals surface area contributed by atoms with Crippen molar-refractivity contribution in [1.29, 1.82) is 0 Å². The van der Waals surface area contributed by atoms with Crippen molar-refractivity contribution in [1.82, 2.24) is 0 Å². The molecule has 1 heterocycles. The first-order valence-electron chi connectivity index (χ1n) is 3.48. The fourth-order valence-corrected chi connectivity index (χ4v) is 0.813. The average molecular weight is 171 g/mol. The molecule has 0 amide bonds. The molecule has 5 heteroatoms. The molecule has 1 N–H and O–H groups in total. The summed E-state index contributed by atoms with van der Waals surface area (Å²) in [5.41, 5.74) is 0. The van der Waals surface area contributed by atoms with Crippen LogP contribution in [0, 0.1) is 10.1 Å². The van der Waals surface area contributed by atoms with Crippen molar-refractivity contribution < 1.29 is 14.4 Å². The minimum atomic E-state index is -1.17. The molecule has 0 bridgehead atoms. The molecule has 2 atom stereocenters. The van der Waals surface area contributed by atoms with Crippen LogP contribution in [0.3, 0.4) is 0 Å². The van der Waals surface area contributed by atoms with Crippen LogP contribution in [0.15, 0.2) is 22.8 Å². The van der Waals surface area contributed by atoms with Gasteiger partial charge >= 0.3 is 0 Å². The second kappa shape index (κ2) is 3.36. The van der Waals surface area contributed by atoms with Gasteiger partial charge in [-0.25, -0.2) is 0 Å². The van der Waals surface area contributed by atoms with E-state index in [1.807, 2.05) is 0 Å². The van der Waals surface area contributed by atoms with E-state index >= 15 is 0 Å². The predicted molar refractivity (Wildman–Crippen MR) is 40.1 cm³/mol. The van der Waals surface area contributed by atoms with E-state index in [9.17, 15) is 15.2 Å². The van der Waals surface area contributed by atoms with Crippen LogP contribution in [0.1, 0.15) is 18.8 Å². The first kappa shape index (κ1) is 8.73. The molecular formula is C7H9NO4. The fourth-order valence-electron chi connectivity index (χ4n) is 0.813.